The van der Waals surface area contributed by atoms with E-state index in [0.29, 0.717) is 13.2 Å². The Labute approximate surface area is 98.6 Å². The van der Waals surface area contributed by atoms with Gasteiger partial charge in [-0.1, -0.05) is 0 Å². The molecule has 1 heterocycles. The second kappa shape index (κ2) is 6.64. The number of carbonyl (C=O) groups is 1. The van der Waals surface area contributed by atoms with E-state index in [0.717, 1.165) is 11.1 Å². The highest BCUT2D eigenvalue weighted by Gasteiger charge is 2.04. The molecule has 17 heavy (non-hydrogen) atoms. The Morgan fingerprint density at radius 3 is 3.06 bits per heavy atom. The van der Waals surface area contributed by atoms with Crippen LogP contribution in [0.3, 0.4) is 0 Å². The summed E-state index contributed by atoms with van der Waals surface area (Å²) in [5, 5.41) is 6.41. The Morgan fingerprint density at radius 2 is 2.41 bits per heavy atom. The molecule has 1 aromatic heterocycles. The highest BCUT2D eigenvalue weighted by Crippen LogP contribution is 1.90. The monoisotopic (exact) mass is 240 g/mol. The quantitative estimate of drug-likeness (QED) is 0.620. The highest BCUT2D eigenvalue weighted by atomic mass is 16.5. The first-order valence-corrected chi connectivity index (χ1v) is 5.22. The van der Waals surface area contributed by atoms with Gasteiger partial charge in [0.2, 0.25) is 5.91 Å². The molecular weight excluding hydrogens is 224 g/mol. The van der Waals surface area contributed by atoms with E-state index < -0.39 is 5.56 Å². The molecule has 7 nitrogen and oxygen atoms in total. The molecule has 0 atom stereocenters. The van der Waals surface area contributed by atoms with Crippen LogP contribution in [0.2, 0.25) is 0 Å². The summed E-state index contributed by atoms with van der Waals surface area (Å²) in [5.74, 6) is -0.263. The third-order valence-electron chi connectivity index (χ3n) is 2.03. The third-order valence-corrected chi connectivity index (χ3v) is 2.03. The normalized spacial score (nSPS) is 10.2. The number of nitrogens with two attached hydrogens (primary N) is 1. The second-order valence-corrected chi connectivity index (χ2v) is 3.48. The maximum absolute atomic E-state index is 11.4. The van der Waals surface area contributed by atoms with Crippen LogP contribution in [-0.4, -0.2) is 35.9 Å². The number of amides is 1. The summed E-state index contributed by atoms with van der Waals surface area (Å²) < 4.78 is 5.90. The molecule has 1 aromatic rings. The predicted molar refractivity (Wildman–Crippen MR) is 62.4 cm³/mol. The van der Waals surface area contributed by atoms with Gasteiger partial charge in [0.1, 0.15) is 6.54 Å². The van der Waals surface area contributed by atoms with E-state index in [1.807, 2.05) is 0 Å². The molecule has 0 aliphatic rings. The molecule has 0 unspecified atom stereocenters. The lowest BCUT2D eigenvalue weighted by molar-refractivity contribution is -0.121. The lowest BCUT2D eigenvalue weighted by Gasteiger charge is -2.06. The minimum atomic E-state index is -0.392. The number of hydrogen-bond acceptors (Lipinski definition) is 5. The van der Waals surface area contributed by atoms with Gasteiger partial charge in [-0.2, -0.15) is 5.10 Å². The Kier molecular flexibility index (Phi) is 5.15. The highest BCUT2D eigenvalue weighted by molar-refractivity contribution is 5.75. The summed E-state index contributed by atoms with van der Waals surface area (Å²) in [6, 6.07) is 1.23. The molecule has 0 saturated heterocycles. The summed E-state index contributed by atoms with van der Waals surface area (Å²) in [6.45, 7) is 0.989. The Bertz CT molecular complexity index is 430. The van der Waals surface area contributed by atoms with Gasteiger partial charge in [0, 0.05) is 26.3 Å². The van der Waals surface area contributed by atoms with Crippen LogP contribution in [0.1, 0.15) is 6.42 Å². The molecule has 0 fully saturated rings. The molecule has 1 rings (SSSR count). The zero-order valence-electron chi connectivity index (χ0n) is 9.68. The van der Waals surface area contributed by atoms with Crippen molar-refractivity contribution in [3.05, 3.63) is 22.6 Å². The van der Waals surface area contributed by atoms with Gasteiger partial charge in [-0.25, -0.2) is 4.68 Å². The molecule has 1 amide bonds. The van der Waals surface area contributed by atoms with E-state index >= 15 is 0 Å². The van der Waals surface area contributed by atoms with E-state index in [1.54, 1.807) is 7.11 Å². The zero-order valence-corrected chi connectivity index (χ0v) is 9.68. The van der Waals surface area contributed by atoms with Gasteiger partial charge in [0.05, 0.1) is 11.9 Å². The molecule has 0 aliphatic carbocycles. The average molecular weight is 240 g/mol. The predicted octanol–water partition coefficient (Wildman–Crippen LogP) is -1.02. The lowest BCUT2D eigenvalue weighted by atomic mass is 10.4. The second-order valence-electron chi connectivity index (χ2n) is 3.48. The fourth-order valence-electron chi connectivity index (χ4n) is 1.20. The van der Waals surface area contributed by atoms with E-state index in [2.05, 4.69) is 10.4 Å². The van der Waals surface area contributed by atoms with Crippen molar-refractivity contribution in [2.24, 2.45) is 0 Å². The fraction of sp³-hybridized carbons (Fsp3) is 0.500. The van der Waals surface area contributed by atoms with Crippen molar-refractivity contribution in [3.8, 4) is 0 Å². The van der Waals surface area contributed by atoms with Crippen LogP contribution in [0.5, 0.6) is 0 Å². The van der Waals surface area contributed by atoms with Gasteiger partial charge < -0.3 is 15.8 Å². The summed E-state index contributed by atoms with van der Waals surface area (Å²) in [5.41, 5.74) is 5.27. The molecule has 7 heteroatoms. The third kappa shape index (κ3) is 4.64. The van der Waals surface area contributed by atoms with Gasteiger partial charge in [0.15, 0.2) is 0 Å². The van der Waals surface area contributed by atoms with E-state index in [1.165, 1.54) is 12.3 Å². The van der Waals surface area contributed by atoms with Gasteiger partial charge in [-0.05, 0) is 6.42 Å². The number of hydrogen-bond donors (Lipinski definition) is 2. The first kappa shape index (κ1) is 13.2. The molecule has 3 N–H and O–H groups in total. The summed E-state index contributed by atoms with van der Waals surface area (Å²) >= 11 is 0. The number of carbonyl (C=O) groups excluding carboxylic acids is 1. The number of aromatic nitrogens is 2. The van der Waals surface area contributed by atoms with Crippen molar-refractivity contribution in [2.75, 3.05) is 26.0 Å². The van der Waals surface area contributed by atoms with Crippen LogP contribution < -0.4 is 16.6 Å². The maximum atomic E-state index is 11.4. The molecule has 0 spiro atoms. The van der Waals surface area contributed by atoms with Crippen LogP contribution in [0.15, 0.2) is 17.1 Å². The Morgan fingerprint density at radius 1 is 1.65 bits per heavy atom. The summed E-state index contributed by atoms with van der Waals surface area (Å²) in [4.78, 5) is 22.8. The number of methoxy groups -OCH3 is 1. The van der Waals surface area contributed by atoms with Crippen LogP contribution in [-0.2, 0) is 16.1 Å². The molecule has 0 radical (unpaired) electrons. The molecule has 94 valence electrons. The van der Waals surface area contributed by atoms with E-state index in [-0.39, 0.29) is 18.1 Å². The topological polar surface area (TPSA) is 99.2 Å². The largest absolute Gasteiger partial charge is 0.397 e. The van der Waals surface area contributed by atoms with Crippen molar-refractivity contribution in [1.29, 1.82) is 0 Å². The number of nitrogens with one attached hydrogen (secondary N) is 1. The van der Waals surface area contributed by atoms with Crippen molar-refractivity contribution in [1.82, 2.24) is 15.1 Å². The molecule has 0 aromatic carbocycles. The molecular formula is C10H16N4O3. The first-order chi connectivity index (χ1) is 8.13. The molecule has 0 aliphatic heterocycles. The first-order valence-electron chi connectivity index (χ1n) is 5.22. The van der Waals surface area contributed by atoms with Gasteiger partial charge in [0.25, 0.3) is 5.56 Å². The van der Waals surface area contributed by atoms with E-state index in [4.69, 9.17) is 10.5 Å². The number of ether oxygens (including phenoxy) is 1. The van der Waals surface area contributed by atoms with Crippen molar-refractivity contribution < 1.29 is 9.53 Å². The summed E-state index contributed by atoms with van der Waals surface area (Å²) in [6.07, 6.45) is 2.06. The van der Waals surface area contributed by atoms with Crippen LogP contribution in [0.4, 0.5) is 5.69 Å². The van der Waals surface area contributed by atoms with Crippen LogP contribution in [0, 0.1) is 0 Å². The van der Waals surface area contributed by atoms with Gasteiger partial charge >= 0.3 is 0 Å². The minimum Gasteiger partial charge on any atom is -0.397 e. The lowest BCUT2D eigenvalue weighted by Crippen LogP contribution is -2.34. The fourth-order valence-corrected chi connectivity index (χ4v) is 1.20. The standard InChI is InChI=1S/C10H16N4O3/c1-17-4-2-3-12-9(15)7-14-10(16)5-8(11)6-13-14/h5-6H,2-4,7,11H2,1H3,(H,12,15). The average Bonchev–Trinajstić information content (AvgIpc) is 2.28. The molecule has 0 saturated carbocycles. The number of nitrogen functional groups attached to an aromatic ring is 1. The number of nitrogens with zero attached hydrogens (tertiary/aromatic N) is 2. The zero-order chi connectivity index (χ0) is 12.7. The smallest absolute Gasteiger partial charge is 0.269 e. The number of anilines is 1. The van der Waals surface area contributed by atoms with Crippen LogP contribution >= 0.6 is 0 Å². The Balaban J connectivity index is 2.43. The van der Waals surface area contributed by atoms with Crippen molar-refractivity contribution >= 4 is 11.6 Å². The van der Waals surface area contributed by atoms with Gasteiger partial charge in [-0.15, -0.1) is 0 Å². The summed E-state index contributed by atoms with van der Waals surface area (Å²) in [7, 11) is 1.60. The van der Waals surface area contributed by atoms with Crippen LogP contribution in [0.25, 0.3) is 0 Å². The number of rotatable bonds is 6. The Hall–Kier alpha value is -1.89. The minimum absolute atomic E-state index is 0.105. The van der Waals surface area contributed by atoms with Crippen molar-refractivity contribution in [3.63, 3.8) is 0 Å². The van der Waals surface area contributed by atoms with E-state index in [9.17, 15) is 9.59 Å². The molecule has 0 bridgehead atoms. The van der Waals surface area contributed by atoms with Gasteiger partial charge in [-0.3, -0.25) is 9.59 Å². The maximum Gasteiger partial charge on any atom is 0.269 e. The SMILES string of the molecule is COCCCNC(=O)Cn1ncc(N)cc1=O. The van der Waals surface area contributed by atoms with Crippen molar-refractivity contribution in [2.45, 2.75) is 13.0 Å².